The van der Waals surface area contributed by atoms with Crippen molar-refractivity contribution in [3.63, 3.8) is 0 Å². The molecule has 6 radical (unpaired) electrons. The maximum Gasteiger partial charge on any atom is 0.0777 e. The van der Waals surface area contributed by atoms with Crippen LogP contribution in [0.1, 0.15) is 12.0 Å². The Hall–Kier alpha value is -1.38. The Labute approximate surface area is 137 Å². The average Bonchev–Trinajstić information content (AvgIpc) is 3.22. The molecule has 1 aromatic carbocycles. The third-order valence-electron chi connectivity index (χ3n) is 3.31. The fraction of sp³-hybridized carbons (Fsp3) is 0.0526. The number of fused-ring (bicyclic) bond motifs is 1. The summed E-state index contributed by atoms with van der Waals surface area (Å²) < 4.78 is 0. The van der Waals surface area contributed by atoms with Gasteiger partial charge in [-0.25, -0.2) is 0 Å². The van der Waals surface area contributed by atoms with Crippen LogP contribution in [0.3, 0.4) is 0 Å². The van der Waals surface area contributed by atoms with Crippen molar-refractivity contribution >= 4 is 16.5 Å². The van der Waals surface area contributed by atoms with Crippen LogP contribution >= 0.6 is 0 Å². The second kappa shape index (κ2) is 8.16. The first-order valence-electron chi connectivity index (χ1n) is 6.81. The molecule has 1 fully saturated rings. The van der Waals surface area contributed by atoms with Crippen LogP contribution in [0.2, 0.25) is 0 Å². The number of benzene rings is 1. The summed E-state index contributed by atoms with van der Waals surface area (Å²) in [6, 6.07) is 10.4. The first-order chi connectivity index (χ1) is 9.95. The Morgan fingerprint density at radius 1 is 0.857 bits per heavy atom. The van der Waals surface area contributed by atoms with Crippen molar-refractivity contribution in [2.75, 3.05) is 0 Å². The second-order valence-corrected chi connectivity index (χ2v) is 4.67. The number of pyridine rings is 1. The van der Waals surface area contributed by atoms with Gasteiger partial charge in [0, 0.05) is 33.9 Å². The van der Waals surface area contributed by atoms with E-state index in [0.717, 1.165) is 11.9 Å². The number of nitrogens with zero attached hydrogens (tertiary/aromatic N) is 1. The fourth-order valence-electron chi connectivity index (χ4n) is 2.33. The first-order valence-corrected chi connectivity index (χ1v) is 6.81. The van der Waals surface area contributed by atoms with Crippen molar-refractivity contribution < 1.29 is 16.8 Å². The molecule has 0 spiro atoms. The monoisotopic (exact) mass is 317 g/mol. The van der Waals surface area contributed by atoms with Gasteiger partial charge in [-0.1, -0.05) is 42.5 Å². The SMILES string of the molecule is C1=CCC(c2cccc3cccnc23)=C1.[CH]1[CH][CH][CH][CH]1.[Co]. The summed E-state index contributed by atoms with van der Waals surface area (Å²) in [6.45, 7) is 0. The number of aromatic nitrogens is 1. The molecule has 2 heteroatoms. The quantitative estimate of drug-likeness (QED) is 0.749. The normalized spacial score (nSPS) is 16.1. The maximum atomic E-state index is 4.46. The average molecular weight is 317 g/mol. The predicted octanol–water partition coefficient (Wildman–Crippen LogP) is 4.60. The zero-order valence-electron chi connectivity index (χ0n) is 11.6. The Morgan fingerprint density at radius 3 is 2.24 bits per heavy atom. The summed E-state index contributed by atoms with van der Waals surface area (Å²) in [5.41, 5.74) is 3.73. The molecule has 0 atom stereocenters. The van der Waals surface area contributed by atoms with Crippen LogP contribution in [0.25, 0.3) is 16.5 Å². The van der Waals surface area contributed by atoms with E-state index in [9.17, 15) is 0 Å². The summed E-state index contributed by atoms with van der Waals surface area (Å²) in [6.07, 6.45) is 19.3. The minimum absolute atomic E-state index is 0. The molecule has 1 aromatic heterocycles. The van der Waals surface area contributed by atoms with Crippen molar-refractivity contribution in [3.8, 4) is 0 Å². The summed E-state index contributed by atoms with van der Waals surface area (Å²) in [4.78, 5) is 4.46. The van der Waals surface area contributed by atoms with E-state index in [1.807, 2.05) is 44.4 Å². The molecular weight excluding hydrogens is 301 g/mol. The molecule has 2 aliphatic rings. The van der Waals surface area contributed by atoms with E-state index in [4.69, 9.17) is 0 Å². The molecule has 21 heavy (non-hydrogen) atoms. The zero-order valence-corrected chi connectivity index (χ0v) is 12.6. The van der Waals surface area contributed by atoms with Gasteiger partial charge in [0.05, 0.1) is 5.52 Å². The van der Waals surface area contributed by atoms with Gasteiger partial charge in [-0.3, -0.25) is 4.98 Å². The topological polar surface area (TPSA) is 12.9 Å². The third kappa shape index (κ3) is 4.05. The van der Waals surface area contributed by atoms with Crippen LogP contribution in [-0.4, -0.2) is 4.98 Å². The molecule has 106 valence electrons. The molecule has 0 N–H and O–H groups in total. The van der Waals surface area contributed by atoms with Gasteiger partial charge in [0.2, 0.25) is 0 Å². The van der Waals surface area contributed by atoms with Crippen LogP contribution in [0, 0.1) is 32.1 Å². The van der Waals surface area contributed by atoms with Crippen molar-refractivity contribution in [1.29, 1.82) is 0 Å². The van der Waals surface area contributed by atoms with Crippen molar-refractivity contribution in [1.82, 2.24) is 4.98 Å². The van der Waals surface area contributed by atoms with Gasteiger partial charge in [-0.05, 0) is 50.2 Å². The minimum atomic E-state index is 0. The van der Waals surface area contributed by atoms with Crippen molar-refractivity contribution in [3.05, 3.63) is 92.4 Å². The second-order valence-electron chi connectivity index (χ2n) is 4.67. The number of rotatable bonds is 1. The van der Waals surface area contributed by atoms with Gasteiger partial charge < -0.3 is 0 Å². The van der Waals surface area contributed by atoms with Crippen molar-refractivity contribution in [2.45, 2.75) is 6.42 Å². The number of hydrogen-bond donors (Lipinski definition) is 0. The molecule has 2 aromatic rings. The van der Waals surface area contributed by atoms with Crippen LogP contribution in [0.4, 0.5) is 0 Å². The number of para-hydroxylation sites is 1. The molecule has 0 aliphatic heterocycles. The Kier molecular flexibility index (Phi) is 6.21. The molecule has 1 saturated carbocycles. The number of hydrogen-bond acceptors (Lipinski definition) is 1. The Balaban J connectivity index is 0.000000231. The number of allylic oxidation sites excluding steroid dienone is 4. The smallest absolute Gasteiger partial charge is 0.0777 e. The van der Waals surface area contributed by atoms with Crippen LogP contribution in [0.5, 0.6) is 0 Å². The summed E-state index contributed by atoms with van der Waals surface area (Å²) in [5, 5.41) is 1.21. The summed E-state index contributed by atoms with van der Waals surface area (Å²) >= 11 is 0. The van der Waals surface area contributed by atoms with E-state index in [1.54, 1.807) is 0 Å². The Bertz CT molecular complexity index is 626. The summed E-state index contributed by atoms with van der Waals surface area (Å²) in [7, 11) is 0. The van der Waals surface area contributed by atoms with Crippen LogP contribution in [0.15, 0.2) is 54.8 Å². The molecular formula is C19H16CoN. The molecule has 0 amide bonds. The van der Waals surface area contributed by atoms with Crippen LogP contribution in [-0.2, 0) is 16.8 Å². The van der Waals surface area contributed by atoms with Gasteiger partial charge in [0.15, 0.2) is 0 Å². The van der Waals surface area contributed by atoms with Crippen LogP contribution < -0.4 is 0 Å². The molecule has 2 aliphatic carbocycles. The predicted molar refractivity (Wildman–Crippen MR) is 85.0 cm³/mol. The van der Waals surface area contributed by atoms with Gasteiger partial charge in [0.25, 0.3) is 0 Å². The molecule has 0 bridgehead atoms. The molecule has 4 rings (SSSR count). The van der Waals surface area contributed by atoms with Gasteiger partial charge >= 0.3 is 0 Å². The van der Waals surface area contributed by atoms with E-state index in [-0.39, 0.29) is 16.8 Å². The summed E-state index contributed by atoms with van der Waals surface area (Å²) in [5.74, 6) is 0. The van der Waals surface area contributed by atoms with E-state index in [2.05, 4.69) is 47.5 Å². The zero-order chi connectivity index (χ0) is 13.6. The van der Waals surface area contributed by atoms with Gasteiger partial charge in [0.1, 0.15) is 0 Å². The molecule has 0 unspecified atom stereocenters. The third-order valence-corrected chi connectivity index (χ3v) is 3.31. The fourth-order valence-corrected chi connectivity index (χ4v) is 2.33. The minimum Gasteiger partial charge on any atom is -0.256 e. The Morgan fingerprint density at radius 2 is 1.57 bits per heavy atom. The van der Waals surface area contributed by atoms with Crippen molar-refractivity contribution in [2.24, 2.45) is 0 Å². The standard InChI is InChI=1S/C14H11N.C5H5.Co/c1-2-6-11(5-1)13-9-3-7-12-8-4-10-15-14(12)13;1-2-4-5-3-1;/h1-5,7-10H,6H2;1-5H;. The molecule has 1 heterocycles. The molecule has 0 saturated heterocycles. The molecule has 1 nitrogen and oxygen atoms in total. The van der Waals surface area contributed by atoms with E-state index in [0.29, 0.717) is 0 Å². The first kappa shape index (κ1) is 16.0. The van der Waals surface area contributed by atoms with E-state index in [1.165, 1.54) is 16.5 Å². The maximum absolute atomic E-state index is 4.46. The van der Waals surface area contributed by atoms with Gasteiger partial charge in [-0.2, -0.15) is 0 Å². The van der Waals surface area contributed by atoms with E-state index >= 15 is 0 Å². The van der Waals surface area contributed by atoms with Gasteiger partial charge in [-0.15, -0.1) is 0 Å². The largest absolute Gasteiger partial charge is 0.256 e. The van der Waals surface area contributed by atoms with E-state index < -0.39 is 0 Å².